The van der Waals surface area contributed by atoms with E-state index < -0.39 is 6.61 Å². The highest BCUT2D eigenvalue weighted by Gasteiger charge is 2.11. The van der Waals surface area contributed by atoms with Gasteiger partial charge in [-0.15, -0.1) is 0 Å². The smallest absolute Gasteiger partial charge is 0.387 e. The van der Waals surface area contributed by atoms with Crippen molar-refractivity contribution < 1.29 is 23.4 Å². The van der Waals surface area contributed by atoms with Crippen molar-refractivity contribution in [2.24, 2.45) is 0 Å². The van der Waals surface area contributed by atoms with Gasteiger partial charge in [-0.2, -0.15) is 8.78 Å². The first-order valence-corrected chi connectivity index (χ1v) is 7.17. The van der Waals surface area contributed by atoms with Gasteiger partial charge < -0.3 is 19.9 Å². The van der Waals surface area contributed by atoms with Gasteiger partial charge in [0.25, 0.3) is 0 Å². The van der Waals surface area contributed by atoms with E-state index in [0.29, 0.717) is 24.3 Å². The summed E-state index contributed by atoms with van der Waals surface area (Å²) in [6.07, 6.45) is 0.602. The Labute approximate surface area is 133 Å². The molecule has 2 rings (SSSR count). The summed E-state index contributed by atoms with van der Waals surface area (Å²) in [6, 6.07) is 12.4. The van der Waals surface area contributed by atoms with Crippen LogP contribution in [0.2, 0.25) is 0 Å². The van der Waals surface area contributed by atoms with Gasteiger partial charge in [0.05, 0.1) is 7.11 Å². The minimum Gasteiger partial charge on any atom is -0.497 e. The maximum absolute atomic E-state index is 12.5. The molecule has 2 aromatic carbocycles. The van der Waals surface area contributed by atoms with Crippen molar-refractivity contribution in [1.82, 2.24) is 0 Å². The monoisotopic (exact) mass is 323 g/mol. The Bertz CT molecular complexity index is 618. The van der Waals surface area contributed by atoms with E-state index in [9.17, 15) is 8.78 Å². The highest BCUT2D eigenvalue weighted by Crippen LogP contribution is 2.27. The summed E-state index contributed by atoms with van der Waals surface area (Å²) in [4.78, 5) is 0. The molecule has 0 fully saturated rings. The van der Waals surface area contributed by atoms with E-state index in [-0.39, 0.29) is 12.4 Å². The largest absolute Gasteiger partial charge is 0.497 e. The van der Waals surface area contributed by atoms with Gasteiger partial charge in [-0.1, -0.05) is 12.1 Å². The molecule has 0 saturated carbocycles. The van der Waals surface area contributed by atoms with E-state index in [1.807, 2.05) is 24.3 Å². The molecule has 2 aromatic rings. The van der Waals surface area contributed by atoms with E-state index >= 15 is 0 Å². The fourth-order valence-electron chi connectivity index (χ4n) is 2.13. The molecule has 0 unspecified atom stereocenters. The van der Waals surface area contributed by atoms with Crippen LogP contribution in [0.3, 0.4) is 0 Å². The lowest BCUT2D eigenvalue weighted by molar-refractivity contribution is -0.0504. The summed E-state index contributed by atoms with van der Waals surface area (Å²) in [7, 11) is 1.47. The molecule has 0 aliphatic carbocycles. The predicted molar refractivity (Wildman–Crippen MR) is 84.2 cm³/mol. The number of anilines is 1. The van der Waals surface area contributed by atoms with Gasteiger partial charge >= 0.3 is 6.61 Å². The first-order chi connectivity index (χ1) is 11.1. The van der Waals surface area contributed by atoms with Crippen molar-refractivity contribution in [3.05, 3.63) is 53.6 Å². The quantitative estimate of drug-likeness (QED) is 0.781. The van der Waals surface area contributed by atoms with Crippen molar-refractivity contribution in [3.8, 4) is 11.5 Å². The van der Waals surface area contributed by atoms with E-state index in [0.717, 1.165) is 11.3 Å². The van der Waals surface area contributed by atoms with Crippen LogP contribution in [0.4, 0.5) is 14.5 Å². The molecule has 0 atom stereocenters. The highest BCUT2D eigenvalue weighted by atomic mass is 19.3. The van der Waals surface area contributed by atoms with Crippen molar-refractivity contribution in [2.45, 2.75) is 19.6 Å². The van der Waals surface area contributed by atoms with Crippen LogP contribution in [0.25, 0.3) is 0 Å². The summed E-state index contributed by atoms with van der Waals surface area (Å²) < 4.78 is 34.6. The minimum atomic E-state index is -2.89. The average molecular weight is 323 g/mol. The van der Waals surface area contributed by atoms with Gasteiger partial charge in [0.1, 0.15) is 11.5 Å². The molecule has 0 heterocycles. The molecular weight excluding hydrogens is 304 g/mol. The van der Waals surface area contributed by atoms with Crippen molar-refractivity contribution >= 4 is 5.69 Å². The van der Waals surface area contributed by atoms with Crippen molar-refractivity contribution in [2.75, 3.05) is 19.0 Å². The minimum absolute atomic E-state index is 0.0868. The summed E-state index contributed by atoms with van der Waals surface area (Å²) in [5.41, 5.74) is 2.49. The third-order valence-electron chi connectivity index (χ3n) is 3.33. The van der Waals surface area contributed by atoms with Gasteiger partial charge in [0.2, 0.25) is 0 Å². The Hall–Kier alpha value is -2.34. The molecule has 0 bridgehead atoms. The van der Waals surface area contributed by atoms with Crippen LogP contribution in [0.1, 0.15) is 11.1 Å². The molecule has 0 aromatic heterocycles. The van der Waals surface area contributed by atoms with Gasteiger partial charge in [0, 0.05) is 30.5 Å². The average Bonchev–Trinajstić information content (AvgIpc) is 2.54. The Kier molecular flexibility index (Phi) is 6.17. The highest BCUT2D eigenvalue weighted by molar-refractivity contribution is 5.48. The molecule has 6 heteroatoms. The second-order valence-electron chi connectivity index (χ2n) is 4.88. The van der Waals surface area contributed by atoms with Gasteiger partial charge in [0.15, 0.2) is 0 Å². The van der Waals surface area contributed by atoms with Crippen molar-refractivity contribution in [3.63, 3.8) is 0 Å². The number of hydrogen-bond acceptors (Lipinski definition) is 4. The number of aliphatic hydroxyl groups is 1. The number of methoxy groups -OCH3 is 1. The normalized spacial score (nSPS) is 10.7. The van der Waals surface area contributed by atoms with Crippen LogP contribution in [-0.4, -0.2) is 25.4 Å². The van der Waals surface area contributed by atoms with Gasteiger partial charge in [-0.05, 0) is 36.2 Å². The molecule has 0 radical (unpaired) electrons. The maximum atomic E-state index is 12.5. The molecule has 4 nitrogen and oxygen atoms in total. The van der Waals surface area contributed by atoms with Crippen LogP contribution in [0, 0.1) is 0 Å². The lowest BCUT2D eigenvalue weighted by Crippen LogP contribution is -2.07. The van der Waals surface area contributed by atoms with Crippen LogP contribution >= 0.6 is 0 Å². The van der Waals surface area contributed by atoms with Crippen LogP contribution in [0.15, 0.2) is 42.5 Å². The lowest BCUT2D eigenvalue weighted by atomic mass is 10.1. The second kappa shape index (κ2) is 8.33. The first kappa shape index (κ1) is 17.0. The summed E-state index contributed by atoms with van der Waals surface area (Å²) >= 11 is 0. The zero-order valence-electron chi connectivity index (χ0n) is 12.8. The predicted octanol–water partition coefficient (Wildman–Crippen LogP) is 3.44. The number of nitrogens with one attached hydrogen (secondary N) is 1. The fourth-order valence-corrected chi connectivity index (χ4v) is 2.13. The van der Waals surface area contributed by atoms with Crippen LogP contribution < -0.4 is 14.8 Å². The maximum Gasteiger partial charge on any atom is 0.387 e. The summed E-state index contributed by atoms with van der Waals surface area (Å²) in [5.74, 6) is 0.543. The van der Waals surface area contributed by atoms with Crippen molar-refractivity contribution in [1.29, 1.82) is 0 Å². The van der Waals surface area contributed by atoms with Gasteiger partial charge in [-0.25, -0.2) is 0 Å². The Morgan fingerprint density at radius 3 is 2.48 bits per heavy atom. The molecule has 0 saturated heterocycles. The third kappa shape index (κ3) is 5.10. The van der Waals surface area contributed by atoms with Gasteiger partial charge in [-0.3, -0.25) is 0 Å². The molecule has 0 spiro atoms. The number of benzene rings is 2. The van der Waals surface area contributed by atoms with E-state index in [2.05, 4.69) is 10.1 Å². The number of alkyl halides is 2. The molecule has 0 aliphatic heterocycles. The van der Waals surface area contributed by atoms with Crippen LogP contribution in [-0.2, 0) is 13.0 Å². The molecular formula is C17H19F2NO3. The second-order valence-corrected chi connectivity index (χ2v) is 4.88. The first-order valence-electron chi connectivity index (χ1n) is 7.17. The third-order valence-corrected chi connectivity index (χ3v) is 3.33. The Balaban J connectivity index is 2.06. The zero-order valence-corrected chi connectivity index (χ0v) is 12.8. The molecule has 0 aliphatic rings. The molecule has 2 N–H and O–H groups in total. The van der Waals surface area contributed by atoms with E-state index in [4.69, 9.17) is 9.84 Å². The standard InChI is InChI=1S/C17H19F2NO3/c1-22-15-7-4-13(16(10-15)23-17(18)19)11-20-14-5-2-12(3-6-14)8-9-21/h2-7,10,17,20-21H,8-9,11H2,1H3. The lowest BCUT2D eigenvalue weighted by Gasteiger charge is -2.14. The summed E-state index contributed by atoms with van der Waals surface area (Å²) in [5, 5.41) is 12.0. The summed E-state index contributed by atoms with van der Waals surface area (Å²) in [6.45, 7) is -2.45. The number of halogens is 2. The van der Waals surface area contributed by atoms with E-state index in [1.54, 1.807) is 12.1 Å². The topological polar surface area (TPSA) is 50.7 Å². The Morgan fingerprint density at radius 2 is 1.87 bits per heavy atom. The number of ether oxygens (including phenoxy) is 2. The molecule has 23 heavy (non-hydrogen) atoms. The molecule has 124 valence electrons. The number of rotatable bonds is 8. The van der Waals surface area contributed by atoms with E-state index in [1.165, 1.54) is 13.2 Å². The Morgan fingerprint density at radius 1 is 1.13 bits per heavy atom. The van der Waals surface area contributed by atoms with Crippen LogP contribution in [0.5, 0.6) is 11.5 Å². The molecule has 0 amide bonds. The SMILES string of the molecule is COc1ccc(CNc2ccc(CCO)cc2)c(OC(F)F)c1. The number of hydrogen-bond donors (Lipinski definition) is 2. The number of aliphatic hydroxyl groups excluding tert-OH is 1. The zero-order chi connectivity index (χ0) is 16.7. The fraction of sp³-hybridized carbons (Fsp3) is 0.294.